The number of amides is 2. The summed E-state index contributed by atoms with van der Waals surface area (Å²) in [7, 11) is 0. The van der Waals surface area contributed by atoms with E-state index >= 15 is 0 Å². The number of nitrogens with one attached hydrogen (secondary N) is 2. The number of urea groups is 1. The Balaban J connectivity index is 2.02. The zero-order valence-electron chi connectivity index (χ0n) is 10.1. The van der Waals surface area contributed by atoms with Crippen molar-refractivity contribution in [3.63, 3.8) is 0 Å². The second-order valence-electron chi connectivity index (χ2n) is 3.78. The van der Waals surface area contributed by atoms with Crippen molar-refractivity contribution in [3.05, 3.63) is 46.8 Å². The highest BCUT2D eigenvalue weighted by atomic mass is 35.5. The van der Waals surface area contributed by atoms with E-state index in [1.807, 2.05) is 0 Å². The topological polar surface area (TPSA) is 104 Å². The average molecular weight is 296 g/mol. The van der Waals surface area contributed by atoms with Crippen LogP contribution in [0.1, 0.15) is 16.1 Å². The Morgan fingerprint density at radius 1 is 1.35 bits per heavy atom. The molecule has 1 aromatic carbocycles. The first-order valence-corrected chi connectivity index (χ1v) is 5.91. The molecule has 0 spiro atoms. The molecule has 104 valence electrons. The Kier molecular flexibility index (Phi) is 4.21. The highest BCUT2D eigenvalue weighted by molar-refractivity contribution is 6.31. The van der Waals surface area contributed by atoms with Gasteiger partial charge in [-0.3, -0.25) is 0 Å². The van der Waals surface area contributed by atoms with E-state index in [4.69, 9.17) is 21.2 Å². The summed E-state index contributed by atoms with van der Waals surface area (Å²) < 4.78 is 4.81. The molecule has 0 aliphatic rings. The minimum absolute atomic E-state index is 0.0904. The predicted molar refractivity (Wildman–Crippen MR) is 70.8 cm³/mol. The molecule has 8 heteroatoms. The van der Waals surface area contributed by atoms with Gasteiger partial charge in [-0.1, -0.05) is 16.8 Å². The van der Waals surface area contributed by atoms with Crippen LogP contribution in [0.2, 0.25) is 5.02 Å². The molecule has 7 nitrogen and oxygen atoms in total. The molecule has 0 radical (unpaired) electrons. The summed E-state index contributed by atoms with van der Waals surface area (Å²) in [6.07, 6.45) is 1.46. The van der Waals surface area contributed by atoms with Crippen molar-refractivity contribution < 1.29 is 19.2 Å². The number of hydrogen-bond donors (Lipinski definition) is 3. The molecule has 3 N–H and O–H groups in total. The number of benzene rings is 1. The lowest BCUT2D eigenvalue weighted by Crippen LogP contribution is -2.28. The first kappa shape index (κ1) is 13.9. The number of aromatic carboxylic acids is 1. The molecule has 1 heterocycles. The van der Waals surface area contributed by atoms with Crippen molar-refractivity contribution in [3.8, 4) is 0 Å². The molecule has 20 heavy (non-hydrogen) atoms. The van der Waals surface area contributed by atoms with E-state index in [1.165, 1.54) is 24.4 Å². The average Bonchev–Trinajstić information content (AvgIpc) is 2.91. The van der Waals surface area contributed by atoms with Gasteiger partial charge < -0.3 is 20.3 Å². The molecule has 0 aliphatic heterocycles. The van der Waals surface area contributed by atoms with Gasteiger partial charge in [-0.05, 0) is 18.2 Å². The van der Waals surface area contributed by atoms with Crippen molar-refractivity contribution in [2.24, 2.45) is 0 Å². The van der Waals surface area contributed by atoms with E-state index in [1.54, 1.807) is 6.07 Å². The van der Waals surface area contributed by atoms with E-state index in [0.717, 1.165) is 0 Å². The zero-order chi connectivity index (χ0) is 14.5. The molecule has 1 aromatic heterocycles. The molecule has 0 saturated heterocycles. The highest BCUT2D eigenvalue weighted by Crippen LogP contribution is 2.20. The largest absolute Gasteiger partial charge is 0.478 e. The van der Waals surface area contributed by atoms with Crippen LogP contribution in [-0.2, 0) is 6.54 Å². The third kappa shape index (κ3) is 3.48. The Hall–Kier alpha value is -2.54. The standard InChI is InChI=1S/C12H10ClN3O4/c13-7-1-2-10(9(5-7)11(17)18)16-12(19)14-6-8-3-4-15-20-8/h1-5H,6H2,(H,17,18)(H2,14,16,19). The van der Waals surface area contributed by atoms with Crippen LogP contribution in [0.3, 0.4) is 0 Å². The van der Waals surface area contributed by atoms with Crippen LogP contribution in [0.5, 0.6) is 0 Å². The molecule has 0 fully saturated rings. The summed E-state index contributed by atoms with van der Waals surface area (Å²) in [6.45, 7) is 0.141. The van der Waals surface area contributed by atoms with Gasteiger partial charge in [-0.2, -0.15) is 0 Å². The van der Waals surface area contributed by atoms with Gasteiger partial charge in [0.05, 0.1) is 24.0 Å². The van der Waals surface area contributed by atoms with Crippen LogP contribution in [0.15, 0.2) is 35.0 Å². The number of anilines is 1. The summed E-state index contributed by atoms with van der Waals surface area (Å²) in [6, 6.07) is 5.20. The number of carboxylic acids is 1. The number of carboxylic acid groups (broad SMARTS) is 1. The maximum atomic E-state index is 11.7. The lowest BCUT2D eigenvalue weighted by atomic mass is 10.2. The number of rotatable bonds is 4. The van der Waals surface area contributed by atoms with Crippen LogP contribution in [0.25, 0.3) is 0 Å². The van der Waals surface area contributed by atoms with E-state index < -0.39 is 12.0 Å². The Bertz CT molecular complexity index is 628. The minimum Gasteiger partial charge on any atom is -0.478 e. The molecular formula is C12H10ClN3O4. The van der Waals surface area contributed by atoms with E-state index in [2.05, 4.69) is 15.8 Å². The second kappa shape index (κ2) is 6.07. The summed E-state index contributed by atoms with van der Waals surface area (Å²) in [4.78, 5) is 22.7. The third-order valence-corrected chi connectivity index (χ3v) is 2.61. The van der Waals surface area contributed by atoms with Crippen molar-refractivity contribution in [2.75, 3.05) is 5.32 Å². The maximum absolute atomic E-state index is 11.7. The van der Waals surface area contributed by atoms with Gasteiger partial charge in [0.25, 0.3) is 0 Å². The molecule has 0 bridgehead atoms. The van der Waals surface area contributed by atoms with E-state index in [9.17, 15) is 9.59 Å². The number of carbonyl (C=O) groups excluding carboxylic acids is 1. The second-order valence-corrected chi connectivity index (χ2v) is 4.22. The van der Waals surface area contributed by atoms with Gasteiger partial charge in [0.15, 0.2) is 5.76 Å². The van der Waals surface area contributed by atoms with Crippen LogP contribution in [0.4, 0.5) is 10.5 Å². The lowest BCUT2D eigenvalue weighted by molar-refractivity contribution is 0.0698. The first-order chi connectivity index (χ1) is 9.56. The van der Waals surface area contributed by atoms with Crippen LogP contribution >= 0.6 is 11.6 Å². The number of hydrogen-bond acceptors (Lipinski definition) is 4. The van der Waals surface area contributed by atoms with Gasteiger partial charge in [0, 0.05) is 11.1 Å². The Labute approximate surface area is 118 Å². The molecule has 0 aliphatic carbocycles. The Morgan fingerprint density at radius 2 is 2.15 bits per heavy atom. The maximum Gasteiger partial charge on any atom is 0.337 e. The van der Waals surface area contributed by atoms with Gasteiger partial charge >= 0.3 is 12.0 Å². The van der Waals surface area contributed by atoms with Crippen molar-refractivity contribution in [1.82, 2.24) is 10.5 Å². The fraction of sp³-hybridized carbons (Fsp3) is 0.0833. The molecule has 2 aromatic rings. The van der Waals surface area contributed by atoms with Gasteiger partial charge in [0.2, 0.25) is 0 Å². The summed E-state index contributed by atoms with van der Waals surface area (Å²) in [5, 5.41) is 17.7. The van der Waals surface area contributed by atoms with Crippen molar-refractivity contribution >= 4 is 29.3 Å². The molecule has 2 rings (SSSR count). The number of halogens is 1. The quantitative estimate of drug-likeness (QED) is 0.803. The highest BCUT2D eigenvalue weighted by Gasteiger charge is 2.13. The van der Waals surface area contributed by atoms with Crippen LogP contribution in [0, 0.1) is 0 Å². The van der Waals surface area contributed by atoms with Crippen molar-refractivity contribution in [2.45, 2.75) is 6.54 Å². The SMILES string of the molecule is O=C(NCc1ccno1)Nc1ccc(Cl)cc1C(=O)O. The molecule has 0 unspecified atom stereocenters. The number of carbonyl (C=O) groups is 2. The molecule has 2 amide bonds. The van der Waals surface area contributed by atoms with Crippen molar-refractivity contribution in [1.29, 1.82) is 0 Å². The minimum atomic E-state index is -1.18. The van der Waals surface area contributed by atoms with Gasteiger partial charge in [0.1, 0.15) is 0 Å². The van der Waals surface area contributed by atoms with Crippen LogP contribution in [-0.4, -0.2) is 22.3 Å². The van der Waals surface area contributed by atoms with Gasteiger partial charge in [-0.25, -0.2) is 9.59 Å². The molecule has 0 atom stereocenters. The first-order valence-electron chi connectivity index (χ1n) is 5.53. The fourth-order valence-corrected chi connectivity index (χ4v) is 1.64. The number of aromatic nitrogens is 1. The predicted octanol–water partition coefficient (Wildman–Crippen LogP) is 2.35. The summed E-state index contributed by atoms with van der Waals surface area (Å²) in [5.74, 6) is -0.701. The molecular weight excluding hydrogens is 286 g/mol. The van der Waals surface area contributed by atoms with E-state index in [0.29, 0.717) is 5.76 Å². The lowest BCUT2D eigenvalue weighted by Gasteiger charge is -2.09. The zero-order valence-corrected chi connectivity index (χ0v) is 10.8. The third-order valence-electron chi connectivity index (χ3n) is 2.37. The summed E-state index contributed by atoms with van der Waals surface area (Å²) in [5.41, 5.74) is 0.0595. The fourth-order valence-electron chi connectivity index (χ4n) is 1.47. The number of nitrogens with zero attached hydrogens (tertiary/aromatic N) is 1. The van der Waals surface area contributed by atoms with E-state index in [-0.39, 0.29) is 22.8 Å². The molecule has 0 saturated carbocycles. The monoisotopic (exact) mass is 295 g/mol. The van der Waals surface area contributed by atoms with Crippen LogP contribution < -0.4 is 10.6 Å². The summed E-state index contributed by atoms with van der Waals surface area (Å²) >= 11 is 5.72. The normalized spacial score (nSPS) is 10.1. The van der Waals surface area contributed by atoms with Gasteiger partial charge in [-0.15, -0.1) is 0 Å². The smallest absolute Gasteiger partial charge is 0.337 e. The Morgan fingerprint density at radius 3 is 2.80 bits per heavy atom.